The molecule has 2 aromatic rings. The topological polar surface area (TPSA) is 71.2 Å². The quantitative estimate of drug-likeness (QED) is 0.932. The lowest BCUT2D eigenvalue weighted by Gasteiger charge is -2.25. The lowest BCUT2D eigenvalue weighted by molar-refractivity contribution is 0.0676. The minimum absolute atomic E-state index is 0.0721. The van der Waals surface area contributed by atoms with Gasteiger partial charge >= 0.3 is 0 Å². The Morgan fingerprint density at radius 2 is 2.36 bits per heavy atom. The highest BCUT2D eigenvalue weighted by Gasteiger charge is 2.30. The summed E-state index contributed by atoms with van der Waals surface area (Å²) >= 11 is 0. The van der Waals surface area contributed by atoms with Gasteiger partial charge in [0.1, 0.15) is 5.69 Å². The summed E-state index contributed by atoms with van der Waals surface area (Å²) in [5, 5.41) is 13.8. The standard InChI is InChI=1S/C16H20N4O2/c1-12(21)10-13-4-2-8-19(13)16(22)15-11-14(5-7-17-15)20-9-3-6-18-20/h3,5-7,9,11-13,21H,2,4,8,10H2,1H3. The van der Waals surface area contributed by atoms with Gasteiger partial charge in [-0.3, -0.25) is 9.78 Å². The molecule has 0 spiro atoms. The molecule has 1 aliphatic rings. The maximum Gasteiger partial charge on any atom is 0.272 e. The minimum atomic E-state index is -0.401. The molecule has 0 bridgehead atoms. The maximum absolute atomic E-state index is 12.7. The van der Waals surface area contributed by atoms with Gasteiger partial charge in [0, 0.05) is 31.2 Å². The predicted molar refractivity (Wildman–Crippen MR) is 81.7 cm³/mol. The molecule has 116 valence electrons. The monoisotopic (exact) mass is 300 g/mol. The van der Waals surface area contributed by atoms with Crippen molar-refractivity contribution < 1.29 is 9.90 Å². The largest absolute Gasteiger partial charge is 0.393 e. The van der Waals surface area contributed by atoms with E-state index in [-0.39, 0.29) is 11.9 Å². The lowest BCUT2D eigenvalue weighted by atomic mass is 10.1. The SMILES string of the molecule is CC(O)CC1CCCN1C(=O)c1cc(-n2cccn2)ccn1. The number of rotatable bonds is 4. The van der Waals surface area contributed by atoms with Gasteiger partial charge in [0.15, 0.2) is 0 Å². The summed E-state index contributed by atoms with van der Waals surface area (Å²) in [6, 6.07) is 5.51. The van der Waals surface area contributed by atoms with Crippen molar-refractivity contribution in [1.82, 2.24) is 19.7 Å². The van der Waals surface area contributed by atoms with Crippen molar-refractivity contribution in [3.05, 3.63) is 42.5 Å². The van der Waals surface area contributed by atoms with Gasteiger partial charge < -0.3 is 10.0 Å². The number of aliphatic hydroxyl groups excluding tert-OH is 1. The Hall–Kier alpha value is -2.21. The van der Waals surface area contributed by atoms with Crippen LogP contribution in [-0.2, 0) is 0 Å². The molecule has 1 N–H and O–H groups in total. The van der Waals surface area contributed by atoms with E-state index in [9.17, 15) is 9.90 Å². The van der Waals surface area contributed by atoms with E-state index in [1.807, 2.05) is 23.2 Å². The van der Waals surface area contributed by atoms with Crippen molar-refractivity contribution in [2.24, 2.45) is 0 Å². The number of amides is 1. The Morgan fingerprint density at radius 1 is 1.50 bits per heavy atom. The number of hydrogen-bond donors (Lipinski definition) is 1. The second kappa shape index (κ2) is 6.27. The van der Waals surface area contributed by atoms with Gasteiger partial charge in [-0.05, 0) is 44.4 Å². The first-order valence-electron chi connectivity index (χ1n) is 7.60. The Labute approximate surface area is 129 Å². The van der Waals surface area contributed by atoms with Crippen LogP contribution in [-0.4, -0.2) is 49.4 Å². The van der Waals surface area contributed by atoms with Gasteiger partial charge in [0.25, 0.3) is 5.91 Å². The number of aromatic nitrogens is 3. The van der Waals surface area contributed by atoms with Crippen molar-refractivity contribution in [3.8, 4) is 5.69 Å². The van der Waals surface area contributed by atoms with Crippen LogP contribution in [0.25, 0.3) is 5.69 Å². The Kier molecular flexibility index (Phi) is 4.20. The van der Waals surface area contributed by atoms with E-state index in [0.717, 1.165) is 25.1 Å². The fraction of sp³-hybridized carbons (Fsp3) is 0.438. The summed E-state index contributed by atoms with van der Waals surface area (Å²) in [6.45, 7) is 2.49. The number of pyridine rings is 1. The first kappa shape index (κ1) is 14.7. The van der Waals surface area contributed by atoms with E-state index < -0.39 is 6.10 Å². The molecular formula is C16H20N4O2. The molecule has 1 aliphatic heterocycles. The fourth-order valence-corrected chi connectivity index (χ4v) is 2.99. The number of carbonyl (C=O) groups is 1. The Morgan fingerprint density at radius 3 is 3.09 bits per heavy atom. The molecule has 2 aromatic heterocycles. The van der Waals surface area contributed by atoms with Gasteiger partial charge in [-0.1, -0.05) is 0 Å². The summed E-state index contributed by atoms with van der Waals surface area (Å²) in [4.78, 5) is 18.8. The fourth-order valence-electron chi connectivity index (χ4n) is 2.99. The average Bonchev–Trinajstić information content (AvgIpc) is 3.17. The summed E-state index contributed by atoms with van der Waals surface area (Å²) in [5.41, 5.74) is 1.24. The zero-order valence-corrected chi connectivity index (χ0v) is 12.6. The van der Waals surface area contributed by atoms with Crippen LogP contribution < -0.4 is 0 Å². The number of carbonyl (C=O) groups excluding carboxylic acids is 1. The first-order chi connectivity index (χ1) is 10.6. The summed E-state index contributed by atoms with van der Waals surface area (Å²) in [5.74, 6) is -0.0721. The van der Waals surface area contributed by atoms with Crippen LogP contribution in [0.1, 0.15) is 36.7 Å². The zero-order chi connectivity index (χ0) is 15.5. The van der Waals surface area contributed by atoms with Crippen LogP contribution in [0.3, 0.4) is 0 Å². The van der Waals surface area contributed by atoms with E-state index >= 15 is 0 Å². The summed E-state index contributed by atoms with van der Waals surface area (Å²) < 4.78 is 1.70. The van der Waals surface area contributed by atoms with Gasteiger partial charge in [-0.25, -0.2) is 4.68 Å². The molecule has 3 heterocycles. The molecule has 3 rings (SSSR count). The second-order valence-corrected chi connectivity index (χ2v) is 5.73. The molecule has 22 heavy (non-hydrogen) atoms. The molecule has 6 nitrogen and oxygen atoms in total. The van der Waals surface area contributed by atoms with Gasteiger partial charge in [0.2, 0.25) is 0 Å². The zero-order valence-electron chi connectivity index (χ0n) is 12.6. The van der Waals surface area contributed by atoms with Crippen molar-refractivity contribution in [2.45, 2.75) is 38.3 Å². The molecule has 6 heteroatoms. The highest BCUT2D eigenvalue weighted by Crippen LogP contribution is 2.23. The van der Waals surface area contributed by atoms with Crippen LogP contribution in [0.2, 0.25) is 0 Å². The maximum atomic E-state index is 12.7. The molecule has 0 saturated carbocycles. The Balaban J connectivity index is 1.81. The summed E-state index contributed by atoms with van der Waals surface area (Å²) in [7, 11) is 0. The van der Waals surface area contributed by atoms with E-state index in [4.69, 9.17) is 0 Å². The van der Waals surface area contributed by atoms with Crippen LogP contribution in [0.4, 0.5) is 0 Å². The van der Waals surface area contributed by atoms with Gasteiger partial charge in [-0.15, -0.1) is 0 Å². The third-order valence-corrected chi connectivity index (χ3v) is 3.98. The molecular weight excluding hydrogens is 280 g/mol. The number of nitrogens with zero attached hydrogens (tertiary/aromatic N) is 4. The molecule has 1 saturated heterocycles. The van der Waals surface area contributed by atoms with Gasteiger partial charge in [-0.2, -0.15) is 5.10 Å². The van der Waals surface area contributed by atoms with Gasteiger partial charge in [0.05, 0.1) is 11.8 Å². The number of hydrogen-bond acceptors (Lipinski definition) is 4. The summed E-state index contributed by atoms with van der Waals surface area (Å²) in [6.07, 6.45) is 7.28. The highest BCUT2D eigenvalue weighted by atomic mass is 16.3. The molecule has 1 fully saturated rings. The molecule has 1 amide bonds. The lowest BCUT2D eigenvalue weighted by Crippen LogP contribution is -2.37. The predicted octanol–water partition coefficient (Wildman–Crippen LogP) is 1.64. The number of aliphatic hydroxyl groups is 1. The van der Waals surface area contributed by atoms with Crippen LogP contribution in [0, 0.1) is 0 Å². The highest BCUT2D eigenvalue weighted by molar-refractivity contribution is 5.93. The average molecular weight is 300 g/mol. The van der Waals surface area contributed by atoms with Crippen molar-refractivity contribution in [1.29, 1.82) is 0 Å². The van der Waals surface area contributed by atoms with E-state index in [0.29, 0.717) is 12.1 Å². The van der Waals surface area contributed by atoms with Crippen molar-refractivity contribution in [2.75, 3.05) is 6.54 Å². The molecule has 2 atom stereocenters. The first-order valence-corrected chi connectivity index (χ1v) is 7.60. The van der Waals surface area contributed by atoms with E-state index in [1.165, 1.54) is 0 Å². The Bertz CT molecular complexity index is 639. The normalized spacial score (nSPS) is 19.4. The molecule has 0 aliphatic carbocycles. The molecule has 0 aromatic carbocycles. The second-order valence-electron chi connectivity index (χ2n) is 5.73. The van der Waals surface area contributed by atoms with Crippen LogP contribution in [0.5, 0.6) is 0 Å². The van der Waals surface area contributed by atoms with Crippen molar-refractivity contribution in [3.63, 3.8) is 0 Å². The smallest absolute Gasteiger partial charge is 0.272 e. The molecule has 2 unspecified atom stereocenters. The van der Waals surface area contributed by atoms with Crippen molar-refractivity contribution >= 4 is 5.91 Å². The third kappa shape index (κ3) is 3.01. The third-order valence-electron chi connectivity index (χ3n) is 3.98. The van der Waals surface area contributed by atoms with E-state index in [2.05, 4.69) is 10.1 Å². The minimum Gasteiger partial charge on any atom is -0.393 e. The van der Waals surface area contributed by atoms with Crippen LogP contribution >= 0.6 is 0 Å². The van der Waals surface area contributed by atoms with Crippen LogP contribution in [0.15, 0.2) is 36.8 Å². The van der Waals surface area contributed by atoms with E-state index in [1.54, 1.807) is 30.1 Å². The number of likely N-dealkylation sites (tertiary alicyclic amines) is 1. The molecule has 0 radical (unpaired) electrons.